The summed E-state index contributed by atoms with van der Waals surface area (Å²) in [6.07, 6.45) is 0. The highest BCUT2D eigenvalue weighted by Gasteiger charge is 2.12. The molecule has 0 heterocycles. The Hall–Kier alpha value is -1.55. The van der Waals surface area contributed by atoms with Crippen LogP contribution in [0.25, 0.3) is 0 Å². The molecular formula is C10H15N3O. The van der Waals surface area contributed by atoms with E-state index in [-0.39, 0.29) is 6.04 Å². The molecule has 0 aliphatic heterocycles. The summed E-state index contributed by atoms with van der Waals surface area (Å²) >= 11 is 0. The Kier molecular flexibility index (Phi) is 3.48. The molecule has 0 aromatic heterocycles. The standard InChI is InChI=1S/C10H15N3O/c1-8(11)7-13(10(12)14)9-5-3-2-4-6-9/h2-6,8H,7,11H2,1H3,(H2,12,14). The van der Waals surface area contributed by atoms with Gasteiger partial charge in [-0.3, -0.25) is 4.90 Å². The quantitative estimate of drug-likeness (QED) is 0.749. The molecule has 0 fully saturated rings. The van der Waals surface area contributed by atoms with Crippen LogP contribution < -0.4 is 16.4 Å². The first kappa shape index (κ1) is 10.5. The zero-order chi connectivity index (χ0) is 10.6. The number of nitrogens with zero attached hydrogens (tertiary/aromatic N) is 1. The maximum Gasteiger partial charge on any atom is 0.319 e. The number of hydrogen-bond acceptors (Lipinski definition) is 2. The number of para-hydroxylation sites is 1. The van der Waals surface area contributed by atoms with E-state index < -0.39 is 6.03 Å². The fourth-order valence-electron chi connectivity index (χ4n) is 1.22. The highest BCUT2D eigenvalue weighted by Crippen LogP contribution is 2.12. The third-order valence-electron chi connectivity index (χ3n) is 1.80. The molecule has 4 N–H and O–H groups in total. The van der Waals surface area contributed by atoms with Crippen molar-refractivity contribution in [3.8, 4) is 0 Å². The number of nitrogens with two attached hydrogens (primary N) is 2. The van der Waals surface area contributed by atoms with Crippen LogP contribution >= 0.6 is 0 Å². The van der Waals surface area contributed by atoms with Gasteiger partial charge in [-0.2, -0.15) is 0 Å². The van der Waals surface area contributed by atoms with Crippen molar-refractivity contribution >= 4 is 11.7 Å². The number of carbonyl (C=O) groups excluding carboxylic acids is 1. The Labute approximate surface area is 83.5 Å². The van der Waals surface area contributed by atoms with Gasteiger partial charge in [-0.15, -0.1) is 0 Å². The average molecular weight is 193 g/mol. The predicted molar refractivity (Wildman–Crippen MR) is 57.0 cm³/mol. The summed E-state index contributed by atoms with van der Waals surface area (Å²) in [6, 6.07) is 8.67. The van der Waals surface area contributed by atoms with Gasteiger partial charge in [-0.05, 0) is 19.1 Å². The van der Waals surface area contributed by atoms with Gasteiger partial charge in [0, 0.05) is 18.3 Å². The van der Waals surface area contributed by atoms with Gasteiger partial charge in [-0.25, -0.2) is 4.79 Å². The fraction of sp³-hybridized carbons (Fsp3) is 0.300. The van der Waals surface area contributed by atoms with Gasteiger partial charge >= 0.3 is 6.03 Å². The molecule has 1 atom stereocenters. The summed E-state index contributed by atoms with van der Waals surface area (Å²) in [4.78, 5) is 12.6. The van der Waals surface area contributed by atoms with Gasteiger partial charge in [-0.1, -0.05) is 18.2 Å². The van der Waals surface area contributed by atoms with Crippen molar-refractivity contribution in [3.63, 3.8) is 0 Å². The monoisotopic (exact) mass is 193 g/mol. The van der Waals surface area contributed by atoms with Crippen LogP contribution in [0, 0.1) is 0 Å². The summed E-state index contributed by atoms with van der Waals surface area (Å²) in [5.41, 5.74) is 11.6. The summed E-state index contributed by atoms with van der Waals surface area (Å²) in [5, 5.41) is 0. The van der Waals surface area contributed by atoms with Crippen LogP contribution in [0.2, 0.25) is 0 Å². The normalized spacial score (nSPS) is 12.1. The van der Waals surface area contributed by atoms with Gasteiger partial charge < -0.3 is 11.5 Å². The highest BCUT2D eigenvalue weighted by atomic mass is 16.2. The lowest BCUT2D eigenvalue weighted by molar-refractivity contribution is 0.253. The molecule has 4 heteroatoms. The van der Waals surface area contributed by atoms with Crippen LogP contribution in [0.3, 0.4) is 0 Å². The molecule has 14 heavy (non-hydrogen) atoms. The van der Waals surface area contributed by atoms with E-state index in [1.165, 1.54) is 4.90 Å². The van der Waals surface area contributed by atoms with Crippen LogP contribution in [-0.4, -0.2) is 18.6 Å². The molecule has 2 amide bonds. The lowest BCUT2D eigenvalue weighted by Crippen LogP contribution is -2.42. The van der Waals surface area contributed by atoms with Crippen LogP contribution in [0.1, 0.15) is 6.92 Å². The third-order valence-corrected chi connectivity index (χ3v) is 1.80. The highest BCUT2D eigenvalue weighted by molar-refractivity contribution is 5.90. The largest absolute Gasteiger partial charge is 0.351 e. The van der Waals surface area contributed by atoms with Crippen molar-refractivity contribution < 1.29 is 4.79 Å². The zero-order valence-electron chi connectivity index (χ0n) is 8.18. The molecular weight excluding hydrogens is 178 g/mol. The van der Waals surface area contributed by atoms with Crippen molar-refractivity contribution in [2.45, 2.75) is 13.0 Å². The Bertz CT molecular complexity index is 297. The van der Waals surface area contributed by atoms with Gasteiger partial charge in [0.2, 0.25) is 0 Å². The molecule has 0 aliphatic carbocycles. The molecule has 0 aliphatic rings. The summed E-state index contributed by atoms with van der Waals surface area (Å²) < 4.78 is 0. The molecule has 0 bridgehead atoms. The van der Waals surface area contributed by atoms with Crippen LogP contribution in [-0.2, 0) is 0 Å². The molecule has 1 unspecified atom stereocenters. The second-order valence-corrected chi connectivity index (χ2v) is 3.26. The minimum atomic E-state index is -0.478. The Morgan fingerprint density at radius 2 is 2.00 bits per heavy atom. The van der Waals surface area contributed by atoms with Crippen LogP contribution in [0.15, 0.2) is 30.3 Å². The molecule has 1 rings (SSSR count). The minimum absolute atomic E-state index is 0.0947. The van der Waals surface area contributed by atoms with E-state index >= 15 is 0 Å². The van der Waals surface area contributed by atoms with E-state index in [4.69, 9.17) is 11.5 Å². The number of urea groups is 1. The number of benzene rings is 1. The number of rotatable bonds is 3. The van der Waals surface area contributed by atoms with Crippen molar-refractivity contribution in [2.24, 2.45) is 11.5 Å². The lowest BCUT2D eigenvalue weighted by atomic mass is 10.2. The number of primary amides is 1. The second-order valence-electron chi connectivity index (χ2n) is 3.26. The van der Waals surface area contributed by atoms with E-state index in [0.717, 1.165) is 5.69 Å². The molecule has 0 saturated heterocycles. The lowest BCUT2D eigenvalue weighted by Gasteiger charge is -2.22. The minimum Gasteiger partial charge on any atom is -0.351 e. The third kappa shape index (κ3) is 2.74. The van der Waals surface area contributed by atoms with E-state index in [2.05, 4.69) is 0 Å². The van der Waals surface area contributed by atoms with Crippen LogP contribution in [0.5, 0.6) is 0 Å². The smallest absolute Gasteiger partial charge is 0.319 e. The van der Waals surface area contributed by atoms with Gasteiger partial charge in [0.1, 0.15) is 0 Å². The number of hydrogen-bond donors (Lipinski definition) is 2. The topological polar surface area (TPSA) is 72.3 Å². The summed E-state index contributed by atoms with van der Waals surface area (Å²) in [6.45, 7) is 2.26. The second kappa shape index (κ2) is 4.62. The van der Waals surface area contributed by atoms with E-state index in [0.29, 0.717) is 6.54 Å². The van der Waals surface area contributed by atoms with Gasteiger partial charge in [0.15, 0.2) is 0 Å². The maximum absolute atomic E-state index is 11.1. The maximum atomic E-state index is 11.1. The fourth-order valence-corrected chi connectivity index (χ4v) is 1.22. The Balaban J connectivity index is 2.84. The first-order valence-corrected chi connectivity index (χ1v) is 4.49. The number of amides is 2. The van der Waals surface area contributed by atoms with Crippen molar-refractivity contribution in [3.05, 3.63) is 30.3 Å². The molecule has 0 radical (unpaired) electrons. The molecule has 0 spiro atoms. The van der Waals surface area contributed by atoms with Gasteiger partial charge in [0.05, 0.1) is 0 Å². The number of anilines is 1. The molecule has 0 saturated carbocycles. The van der Waals surface area contributed by atoms with E-state index in [1.807, 2.05) is 37.3 Å². The number of carbonyl (C=O) groups is 1. The molecule has 4 nitrogen and oxygen atoms in total. The van der Waals surface area contributed by atoms with Crippen LogP contribution in [0.4, 0.5) is 10.5 Å². The zero-order valence-corrected chi connectivity index (χ0v) is 8.18. The first-order valence-electron chi connectivity index (χ1n) is 4.49. The van der Waals surface area contributed by atoms with Crippen molar-refractivity contribution in [1.82, 2.24) is 0 Å². The van der Waals surface area contributed by atoms with Crippen molar-refractivity contribution in [1.29, 1.82) is 0 Å². The summed E-state index contributed by atoms with van der Waals surface area (Å²) in [7, 11) is 0. The van der Waals surface area contributed by atoms with E-state index in [9.17, 15) is 4.79 Å². The molecule has 1 aromatic rings. The molecule has 76 valence electrons. The van der Waals surface area contributed by atoms with Crippen molar-refractivity contribution in [2.75, 3.05) is 11.4 Å². The predicted octanol–water partition coefficient (Wildman–Crippen LogP) is 0.919. The van der Waals surface area contributed by atoms with E-state index in [1.54, 1.807) is 0 Å². The molecule has 1 aromatic carbocycles. The Morgan fingerprint density at radius 1 is 1.43 bits per heavy atom. The SMILES string of the molecule is CC(N)CN(C(N)=O)c1ccccc1. The Morgan fingerprint density at radius 3 is 2.43 bits per heavy atom. The first-order chi connectivity index (χ1) is 6.61. The average Bonchev–Trinajstić information content (AvgIpc) is 2.15. The van der Waals surface area contributed by atoms with Gasteiger partial charge in [0.25, 0.3) is 0 Å². The summed E-state index contributed by atoms with van der Waals surface area (Å²) in [5.74, 6) is 0.